The fraction of sp³-hybridized carbons (Fsp3) is 0. The number of H-pyrrole nitrogens is 1. The third-order valence-corrected chi connectivity index (χ3v) is 2.33. The van der Waals surface area contributed by atoms with Crippen molar-refractivity contribution in [3.63, 3.8) is 0 Å². The molecule has 1 heterocycles. The van der Waals surface area contributed by atoms with Crippen molar-refractivity contribution in [3.8, 4) is 0 Å². The van der Waals surface area contributed by atoms with E-state index in [4.69, 9.17) is 11.6 Å². The summed E-state index contributed by atoms with van der Waals surface area (Å²) in [6, 6.07) is 2.88. The van der Waals surface area contributed by atoms with Gasteiger partial charge in [-0.3, -0.25) is 4.79 Å². The van der Waals surface area contributed by atoms with Crippen LogP contribution in [-0.2, 0) is 0 Å². The minimum absolute atomic E-state index is 0.0417. The Morgan fingerprint density at radius 1 is 1.35 bits per heavy atom. The average Bonchev–Trinajstić information content (AvgIpc) is 2.30. The lowest BCUT2D eigenvalue weighted by Crippen LogP contribution is -2.10. The molecular formula is C10H6ClF2N3O. The number of halogens is 3. The normalized spacial score (nSPS) is 10.3. The lowest BCUT2D eigenvalue weighted by Gasteiger charge is -2.07. The van der Waals surface area contributed by atoms with Crippen LogP contribution in [0.25, 0.3) is 0 Å². The third kappa shape index (κ3) is 2.42. The fourth-order valence-corrected chi connectivity index (χ4v) is 1.34. The SMILES string of the molecule is O=c1[nH]cnc(Nc2cc(F)ccc2F)c1Cl. The average molecular weight is 258 g/mol. The van der Waals surface area contributed by atoms with E-state index in [1.807, 2.05) is 0 Å². The first kappa shape index (κ1) is 11.5. The minimum atomic E-state index is -0.676. The van der Waals surface area contributed by atoms with Crippen LogP contribution in [0.5, 0.6) is 0 Å². The first-order valence-electron chi connectivity index (χ1n) is 4.53. The molecule has 88 valence electrons. The monoisotopic (exact) mass is 257 g/mol. The molecular weight excluding hydrogens is 252 g/mol. The molecule has 0 radical (unpaired) electrons. The highest BCUT2D eigenvalue weighted by Crippen LogP contribution is 2.22. The Morgan fingerprint density at radius 3 is 2.88 bits per heavy atom. The molecule has 0 aliphatic heterocycles. The van der Waals surface area contributed by atoms with E-state index in [0.717, 1.165) is 24.5 Å². The largest absolute Gasteiger partial charge is 0.336 e. The van der Waals surface area contributed by atoms with Crippen molar-refractivity contribution in [2.24, 2.45) is 0 Å². The van der Waals surface area contributed by atoms with Crippen molar-refractivity contribution in [1.29, 1.82) is 0 Å². The molecule has 0 fully saturated rings. The molecule has 4 nitrogen and oxygen atoms in total. The molecule has 0 aliphatic rings. The van der Waals surface area contributed by atoms with E-state index >= 15 is 0 Å². The number of nitrogens with zero attached hydrogens (tertiary/aromatic N) is 1. The van der Waals surface area contributed by atoms with E-state index in [1.54, 1.807) is 0 Å². The lowest BCUT2D eigenvalue weighted by atomic mass is 10.3. The van der Waals surface area contributed by atoms with E-state index in [2.05, 4.69) is 15.3 Å². The Bertz CT molecular complexity index is 615. The molecule has 0 aliphatic carbocycles. The van der Waals surface area contributed by atoms with Crippen LogP contribution in [0.2, 0.25) is 5.02 Å². The van der Waals surface area contributed by atoms with E-state index in [9.17, 15) is 13.6 Å². The van der Waals surface area contributed by atoms with Crippen molar-refractivity contribution in [2.45, 2.75) is 0 Å². The Kier molecular flexibility index (Phi) is 3.06. The molecule has 0 spiro atoms. The summed E-state index contributed by atoms with van der Waals surface area (Å²) in [6.07, 6.45) is 1.10. The Labute approximate surface area is 99.3 Å². The number of aromatic nitrogens is 2. The van der Waals surface area contributed by atoms with E-state index in [1.165, 1.54) is 0 Å². The van der Waals surface area contributed by atoms with E-state index in [0.29, 0.717) is 0 Å². The van der Waals surface area contributed by atoms with Gasteiger partial charge >= 0.3 is 0 Å². The van der Waals surface area contributed by atoms with Crippen LogP contribution in [-0.4, -0.2) is 9.97 Å². The van der Waals surface area contributed by atoms with Gasteiger partial charge in [0.25, 0.3) is 5.56 Å². The van der Waals surface area contributed by atoms with Gasteiger partial charge in [-0.15, -0.1) is 0 Å². The van der Waals surface area contributed by atoms with Gasteiger partial charge in [-0.1, -0.05) is 11.6 Å². The quantitative estimate of drug-likeness (QED) is 0.869. The Hall–Kier alpha value is -1.95. The fourth-order valence-electron chi connectivity index (χ4n) is 1.19. The zero-order valence-corrected chi connectivity index (χ0v) is 9.05. The highest BCUT2D eigenvalue weighted by molar-refractivity contribution is 6.32. The van der Waals surface area contributed by atoms with Gasteiger partial charge in [0, 0.05) is 6.07 Å². The lowest BCUT2D eigenvalue weighted by molar-refractivity contribution is 0.603. The second-order valence-corrected chi connectivity index (χ2v) is 3.52. The number of rotatable bonds is 2. The molecule has 0 unspecified atom stereocenters. The second kappa shape index (κ2) is 4.50. The highest BCUT2D eigenvalue weighted by atomic mass is 35.5. The van der Waals surface area contributed by atoms with Crippen LogP contribution in [0, 0.1) is 11.6 Å². The van der Waals surface area contributed by atoms with E-state index < -0.39 is 17.2 Å². The summed E-state index contributed by atoms with van der Waals surface area (Å²) in [7, 11) is 0. The van der Waals surface area contributed by atoms with Gasteiger partial charge in [-0.2, -0.15) is 0 Å². The Balaban J connectivity index is 2.41. The number of hydrogen-bond donors (Lipinski definition) is 2. The van der Waals surface area contributed by atoms with Crippen LogP contribution in [0.15, 0.2) is 29.3 Å². The number of aromatic amines is 1. The van der Waals surface area contributed by atoms with Crippen molar-refractivity contribution >= 4 is 23.1 Å². The molecule has 0 saturated heterocycles. The maximum Gasteiger partial charge on any atom is 0.271 e. The van der Waals surface area contributed by atoms with Gasteiger partial charge in [-0.25, -0.2) is 13.8 Å². The summed E-state index contributed by atoms with van der Waals surface area (Å²) in [4.78, 5) is 17.1. The van der Waals surface area contributed by atoms with Gasteiger partial charge in [0.15, 0.2) is 5.82 Å². The van der Waals surface area contributed by atoms with Crippen molar-refractivity contribution in [3.05, 3.63) is 51.5 Å². The minimum Gasteiger partial charge on any atom is -0.336 e. The van der Waals surface area contributed by atoms with Crippen LogP contribution >= 0.6 is 11.6 Å². The molecule has 0 bridgehead atoms. The third-order valence-electron chi connectivity index (χ3n) is 1.98. The number of benzene rings is 1. The van der Waals surface area contributed by atoms with Gasteiger partial charge in [0.2, 0.25) is 0 Å². The van der Waals surface area contributed by atoms with Crippen molar-refractivity contribution in [2.75, 3.05) is 5.32 Å². The zero-order valence-electron chi connectivity index (χ0n) is 8.30. The van der Waals surface area contributed by atoms with Crippen molar-refractivity contribution < 1.29 is 8.78 Å². The van der Waals surface area contributed by atoms with Crippen LogP contribution in [0.1, 0.15) is 0 Å². The molecule has 1 aromatic carbocycles. The number of nitrogens with one attached hydrogen (secondary N) is 2. The van der Waals surface area contributed by atoms with Gasteiger partial charge in [0.1, 0.15) is 16.7 Å². The van der Waals surface area contributed by atoms with Crippen molar-refractivity contribution in [1.82, 2.24) is 9.97 Å². The Morgan fingerprint density at radius 2 is 2.12 bits per heavy atom. The standard InChI is InChI=1S/C10H6ClF2N3O/c11-8-9(14-4-15-10(8)17)16-7-3-5(12)1-2-6(7)13/h1-4H,(H2,14,15,16,17). The maximum atomic E-state index is 13.3. The summed E-state index contributed by atoms with van der Waals surface area (Å²) in [5.74, 6) is -1.33. The molecule has 0 saturated carbocycles. The molecule has 0 atom stereocenters. The molecule has 1 aromatic heterocycles. The molecule has 0 amide bonds. The second-order valence-electron chi connectivity index (χ2n) is 3.14. The summed E-state index contributed by atoms with van der Waals surface area (Å²) in [5, 5.41) is 2.22. The number of anilines is 2. The van der Waals surface area contributed by atoms with Gasteiger partial charge in [0.05, 0.1) is 12.0 Å². The number of hydrogen-bond acceptors (Lipinski definition) is 3. The molecule has 2 aromatic rings. The molecule has 7 heteroatoms. The molecule has 17 heavy (non-hydrogen) atoms. The summed E-state index contributed by atoms with van der Waals surface area (Å²) < 4.78 is 26.2. The van der Waals surface area contributed by atoms with E-state index in [-0.39, 0.29) is 16.5 Å². The predicted octanol–water partition coefficient (Wildman–Crippen LogP) is 2.45. The first-order chi connectivity index (χ1) is 8.08. The topological polar surface area (TPSA) is 57.8 Å². The predicted molar refractivity (Wildman–Crippen MR) is 59.5 cm³/mol. The van der Waals surface area contributed by atoms with Gasteiger partial charge in [-0.05, 0) is 12.1 Å². The molecule has 2 N–H and O–H groups in total. The van der Waals surface area contributed by atoms with Crippen LogP contribution in [0.3, 0.4) is 0 Å². The maximum absolute atomic E-state index is 13.3. The summed E-state index contributed by atoms with van der Waals surface area (Å²) in [6.45, 7) is 0. The summed E-state index contributed by atoms with van der Waals surface area (Å²) >= 11 is 5.65. The van der Waals surface area contributed by atoms with Crippen LogP contribution in [0.4, 0.5) is 20.3 Å². The molecule has 2 rings (SSSR count). The zero-order chi connectivity index (χ0) is 12.4. The first-order valence-corrected chi connectivity index (χ1v) is 4.91. The van der Waals surface area contributed by atoms with Gasteiger partial charge < -0.3 is 10.3 Å². The highest BCUT2D eigenvalue weighted by Gasteiger charge is 2.09. The summed E-state index contributed by atoms with van der Waals surface area (Å²) in [5.41, 5.74) is -0.717. The van der Waals surface area contributed by atoms with Crippen LogP contribution < -0.4 is 10.9 Å². The smallest absolute Gasteiger partial charge is 0.271 e.